The van der Waals surface area contributed by atoms with Crippen molar-refractivity contribution in [1.82, 2.24) is 0 Å². The van der Waals surface area contributed by atoms with Gasteiger partial charge in [0.05, 0.1) is 21.8 Å². The summed E-state index contributed by atoms with van der Waals surface area (Å²) < 4.78 is 0. The maximum atomic E-state index is 13.2. The van der Waals surface area contributed by atoms with Crippen LogP contribution in [-0.4, -0.2) is 24.8 Å². The molecule has 0 amide bonds. The van der Waals surface area contributed by atoms with Crippen molar-refractivity contribution in [3.05, 3.63) is 105 Å². The Morgan fingerprint density at radius 3 is 2.19 bits per heavy atom. The number of hydrogen-bond donors (Lipinski definition) is 0. The van der Waals surface area contributed by atoms with Crippen LogP contribution in [0.2, 0.25) is 5.02 Å². The molecule has 3 aromatic rings. The van der Waals surface area contributed by atoms with E-state index in [0.717, 1.165) is 5.70 Å². The molecule has 0 fully saturated rings. The number of carbonyl (C=O) groups is 2. The van der Waals surface area contributed by atoms with Gasteiger partial charge < -0.3 is 4.90 Å². The molecule has 0 atom stereocenters. The number of carbonyl (C=O) groups excluding carboxylic acids is 2. The quantitative estimate of drug-likeness (QED) is 0.352. The minimum Gasteiger partial charge on any atom is -0.347 e. The largest absolute Gasteiger partial charge is 0.347 e. The minimum absolute atomic E-state index is 0.179. The molecular formula is C27H21ClN2O2. The Kier molecular flexibility index (Phi) is 4.64. The number of fused-ring (bicyclic) bond motifs is 3. The Bertz CT molecular complexity index is 1370. The summed E-state index contributed by atoms with van der Waals surface area (Å²) in [6, 6.07) is 18.5. The maximum Gasteiger partial charge on any atom is 0.196 e. The van der Waals surface area contributed by atoms with Gasteiger partial charge in [-0.1, -0.05) is 67.9 Å². The summed E-state index contributed by atoms with van der Waals surface area (Å²) >= 11 is 6.34. The van der Waals surface area contributed by atoms with Crippen LogP contribution in [0.25, 0.3) is 0 Å². The number of rotatable bonds is 2. The molecule has 5 heteroatoms. The Balaban J connectivity index is 1.57. The highest BCUT2D eigenvalue weighted by Crippen LogP contribution is 2.46. The molecule has 0 spiro atoms. The molecule has 0 aromatic heterocycles. The predicted octanol–water partition coefficient (Wildman–Crippen LogP) is 6.13. The van der Waals surface area contributed by atoms with Crippen molar-refractivity contribution in [1.29, 1.82) is 0 Å². The van der Waals surface area contributed by atoms with Crippen LogP contribution in [0.5, 0.6) is 0 Å². The second-order valence-electron chi connectivity index (χ2n) is 8.55. The smallest absolute Gasteiger partial charge is 0.196 e. The Labute approximate surface area is 191 Å². The van der Waals surface area contributed by atoms with Crippen molar-refractivity contribution in [3.8, 4) is 0 Å². The molecule has 0 bridgehead atoms. The van der Waals surface area contributed by atoms with Gasteiger partial charge in [0.25, 0.3) is 0 Å². The molecule has 0 radical (unpaired) electrons. The maximum absolute atomic E-state index is 13.2. The summed E-state index contributed by atoms with van der Waals surface area (Å²) in [5.74, 6) is -0.481. The van der Waals surface area contributed by atoms with Crippen LogP contribution >= 0.6 is 11.6 Å². The fourth-order valence-electron chi connectivity index (χ4n) is 4.76. The van der Waals surface area contributed by atoms with E-state index in [9.17, 15) is 9.59 Å². The first-order valence-corrected chi connectivity index (χ1v) is 10.8. The van der Waals surface area contributed by atoms with Crippen LogP contribution in [0.15, 0.2) is 77.4 Å². The fraction of sp³-hybridized carbons (Fsp3) is 0.148. The van der Waals surface area contributed by atoms with Crippen LogP contribution in [0.4, 0.5) is 11.4 Å². The summed E-state index contributed by atoms with van der Waals surface area (Å²) in [5.41, 5.74) is 5.02. The van der Waals surface area contributed by atoms with E-state index in [1.165, 1.54) is 11.3 Å². The molecule has 2 aliphatic rings. The van der Waals surface area contributed by atoms with E-state index in [-0.39, 0.29) is 33.1 Å². The van der Waals surface area contributed by atoms with Crippen LogP contribution in [-0.2, 0) is 5.41 Å². The molecule has 1 aliphatic carbocycles. The van der Waals surface area contributed by atoms with Crippen molar-refractivity contribution in [3.63, 3.8) is 0 Å². The van der Waals surface area contributed by atoms with E-state index in [1.54, 1.807) is 42.6 Å². The lowest BCUT2D eigenvalue weighted by Crippen LogP contribution is -2.23. The average molecular weight is 441 g/mol. The lowest BCUT2D eigenvalue weighted by atomic mass is 9.83. The fourth-order valence-corrected chi connectivity index (χ4v) is 5.01. The molecule has 0 unspecified atom stereocenters. The van der Waals surface area contributed by atoms with E-state index in [4.69, 9.17) is 11.6 Å². The van der Waals surface area contributed by atoms with E-state index in [2.05, 4.69) is 35.9 Å². The van der Waals surface area contributed by atoms with Crippen LogP contribution in [0.3, 0.4) is 0 Å². The topological polar surface area (TPSA) is 49.7 Å². The van der Waals surface area contributed by atoms with E-state index in [0.29, 0.717) is 16.8 Å². The van der Waals surface area contributed by atoms with Gasteiger partial charge in [-0.25, -0.2) is 0 Å². The summed E-state index contributed by atoms with van der Waals surface area (Å²) in [4.78, 5) is 33.0. The second-order valence-corrected chi connectivity index (χ2v) is 8.96. The third kappa shape index (κ3) is 2.87. The van der Waals surface area contributed by atoms with Crippen molar-refractivity contribution in [2.24, 2.45) is 4.99 Å². The zero-order valence-corrected chi connectivity index (χ0v) is 18.8. The number of likely N-dealkylation sites (N-methyl/N-ethyl adjacent to an activating group) is 1. The third-order valence-corrected chi connectivity index (χ3v) is 6.70. The van der Waals surface area contributed by atoms with E-state index < -0.39 is 0 Å². The summed E-state index contributed by atoms with van der Waals surface area (Å²) in [7, 11) is 2.04. The number of benzene rings is 3. The summed E-state index contributed by atoms with van der Waals surface area (Å²) in [6.45, 7) is 4.36. The first-order chi connectivity index (χ1) is 15.3. The highest BCUT2D eigenvalue weighted by Gasteiger charge is 2.38. The highest BCUT2D eigenvalue weighted by molar-refractivity contribution is 6.39. The number of nitrogens with zero attached hydrogens (tertiary/aromatic N) is 2. The molecule has 1 heterocycles. The summed E-state index contributed by atoms with van der Waals surface area (Å²) in [6.07, 6.45) is 3.66. The highest BCUT2D eigenvalue weighted by atomic mass is 35.5. The number of para-hydroxylation sites is 1. The SMILES string of the molecule is CN1C(=CC=Nc2ccc(Cl)c3c2C(=O)c2ccccc2C3=O)C(C)(C)c2ccccc21. The average Bonchev–Trinajstić information content (AvgIpc) is 2.99. The van der Waals surface area contributed by atoms with Gasteiger partial charge in [-0.05, 0) is 29.8 Å². The van der Waals surface area contributed by atoms with Gasteiger partial charge >= 0.3 is 0 Å². The van der Waals surface area contributed by atoms with Crippen LogP contribution in [0.1, 0.15) is 51.3 Å². The normalized spacial score (nSPS) is 17.6. The van der Waals surface area contributed by atoms with Crippen molar-refractivity contribution in [2.45, 2.75) is 19.3 Å². The van der Waals surface area contributed by atoms with Crippen molar-refractivity contribution in [2.75, 3.05) is 11.9 Å². The Morgan fingerprint density at radius 1 is 0.875 bits per heavy atom. The van der Waals surface area contributed by atoms with E-state index >= 15 is 0 Å². The minimum atomic E-state index is -0.247. The summed E-state index contributed by atoms with van der Waals surface area (Å²) in [5, 5.41) is 0.261. The standard InChI is InChI=1S/C27H21ClN2O2/c1-27(2)18-10-6-7-11-21(18)30(3)22(27)14-15-29-20-13-12-19(28)23-24(20)26(32)17-9-5-4-8-16(17)25(23)31/h4-15H,1-3H3. The number of anilines is 1. The lowest BCUT2D eigenvalue weighted by Gasteiger charge is -2.23. The number of ketones is 2. The second kappa shape index (κ2) is 7.28. The monoisotopic (exact) mass is 440 g/mol. The van der Waals surface area contributed by atoms with Gasteiger partial charge in [-0.3, -0.25) is 14.6 Å². The molecule has 5 rings (SSSR count). The molecule has 0 saturated heterocycles. The van der Waals surface area contributed by atoms with Gasteiger partial charge in [0.1, 0.15) is 0 Å². The Hall–Kier alpha value is -3.50. The van der Waals surface area contributed by atoms with Crippen LogP contribution < -0.4 is 4.90 Å². The first-order valence-electron chi connectivity index (χ1n) is 10.4. The molecule has 0 saturated carbocycles. The zero-order chi connectivity index (χ0) is 22.6. The molecule has 3 aromatic carbocycles. The van der Waals surface area contributed by atoms with Gasteiger partial charge in [0.2, 0.25) is 0 Å². The van der Waals surface area contributed by atoms with E-state index in [1.807, 2.05) is 25.3 Å². The zero-order valence-electron chi connectivity index (χ0n) is 18.0. The third-order valence-electron chi connectivity index (χ3n) is 6.39. The van der Waals surface area contributed by atoms with Crippen molar-refractivity contribution >= 4 is 40.8 Å². The molecular weight excluding hydrogens is 420 g/mol. The van der Waals surface area contributed by atoms with Crippen LogP contribution in [0, 0.1) is 0 Å². The number of aliphatic imine (C=N–C) groups is 1. The molecule has 158 valence electrons. The molecule has 1 aliphatic heterocycles. The number of allylic oxidation sites excluding steroid dienone is 2. The molecule has 32 heavy (non-hydrogen) atoms. The molecule has 0 N–H and O–H groups in total. The molecule has 4 nitrogen and oxygen atoms in total. The Morgan fingerprint density at radius 2 is 1.50 bits per heavy atom. The lowest BCUT2D eigenvalue weighted by molar-refractivity contribution is 0.0979. The van der Waals surface area contributed by atoms with Gasteiger partial charge in [0.15, 0.2) is 11.6 Å². The predicted molar refractivity (Wildman–Crippen MR) is 129 cm³/mol. The first kappa shape index (κ1) is 20.4. The van der Waals surface area contributed by atoms with Gasteiger partial charge in [-0.2, -0.15) is 0 Å². The number of halogens is 1. The van der Waals surface area contributed by atoms with Gasteiger partial charge in [0, 0.05) is 41.2 Å². The number of hydrogen-bond acceptors (Lipinski definition) is 4. The van der Waals surface area contributed by atoms with Crippen molar-refractivity contribution < 1.29 is 9.59 Å². The van der Waals surface area contributed by atoms with Gasteiger partial charge in [-0.15, -0.1) is 0 Å².